The van der Waals surface area contributed by atoms with Crippen molar-refractivity contribution in [2.24, 2.45) is 5.92 Å². The third-order valence-corrected chi connectivity index (χ3v) is 5.10. The number of hydrogen-bond donors (Lipinski definition) is 2. The van der Waals surface area contributed by atoms with Gasteiger partial charge in [0.25, 0.3) is 0 Å². The molecule has 1 aliphatic heterocycles. The molecular formula is C23H27N3O6. The third-order valence-electron chi connectivity index (χ3n) is 5.10. The molecule has 2 heterocycles. The fourth-order valence-electron chi connectivity index (χ4n) is 3.41. The van der Waals surface area contributed by atoms with Gasteiger partial charge in [0, 0.05) is 45.0 Å². The number of carboxylic acids is 2. The van der Waals surface area contributed by atoms with Gasteiger partial charge in [0.2, 0.25) is 11.8 Å². The number of piperidine rings is 1. The third kappa shape index (κ3) is 7.82. The van der Waals surface area contributed by atoms with Gasteiger partial charge in [-0.1, -0.05) is 36.4 Å². The van der Waals surface area contributed by atoms with Crippen LogP contribution in [0.5, 0.6) is 0 Å². The number of rotatable bonds is 5. The summed E-state index contributed by atoms with van der Waals surface area (Å²) in [6.45, 7) is 1.92. The van der Waals surface area contributed by atoms with Crippen LogP contribution in [0.1, 0.15) is 24.0 Å². The number of carbonyl (C=O) groups excluding carboxylic acids is 2. The molecule has 1 fully saturated rings. The van der Waals surface area contributed by atoms with E-state index in [1.165, 1.54) is 0 Å². The fourth-order valence-corrected chi connectivity index (χ4v) is 3.41. The molecule has 0 unspecified atom stereocenters. The van der Waals surface area contributed by atoms with Crippen LogP contribution in [-0.2, 0) is 32.1 Å². The summed E-state index contributed by atoms with van der Waals surface area (Å²) < 4.78 is 0. The molecule has 1 aliphatic rings. The molecule has 1 saturated heterocycles. The Labute approximate surface area is 186 Å². The molecule has 2 amide bonds. The zero-order valence-corrected chi connectivity index (χ0v) is 17.9. The number of aliphatic carboxylic acids is 2. The maximum absolute atomic E-state index is 12.7. The Kier molecular flexibility index (Phi) is 9.34. The van der Waals surface area contributed by atoms with Crippen LogP contribution in [0.4, 0.5) is 0 Å². The number of carboxylic acid groups (broad SMARTS) is 2. The van der Waals surface area contributed by atoms with E-state index >= 15 is 0 Å². The molecule has 170 valence electrons. The topological polar surface area (TPSA) is 128 Å². The van der Waals surface area contributed by atoms with Crippen LogP contribution in [0.15, 0.2) is 54.9 Å². The molecule has 2 aromatic rings. The predicted molar refractivity (Wildman–Crippen MR) is 115 cm³/mol. The number of pyridine rings is 1. The molecule has 1 aromatic heterocycles. The lowest BCUT2D eigenvalue weighted by molar-refractivity contribution is -0.159. The zero-order chi connectivity index (χ0) is 23.5. The van der Waals surface area contributed by atoms with E-state index in [9.17, 15) is 9.59 Å². The number of benzene rings is 1. The normalized spacial score (nSPS) is 13.5. The van der Waals surface area contributed by atoms with E-state index in [1.807, 2.05) is 54.4 Å². The number of nitrogens with zero attached hydrogens (tertiary/aromatic N) is 3. The Morgan fingerprint density at radius 1 is 0.969 bits per heavy atom. The van der Waals surface area contributed by atoms with E-state index in [2.05, 4.69) is 4.98 Å². The van der Waals surface area contributed by atoms with Crippen LogP contribution >= 0.6 is 0 Å². The van der Waals surface area contributed by atoms with Gasteiger partial charge in [-0.25, -0.2) is 9.59 Å². The molecule has 0 aliphatic carbocycles. The molecule has 32 heavy (non-hydrogen) atoms. The molecule has 0 radical (unpaired) electrons. The van der Waals surface area contributed by atoms with Crippen LogP contribution in [0.2, 0.25) is 0 Å². The first-order valence-corrected chi connectivity index (χ1v) is 10.2. The van der Waals surface area contributed by atoms with Gasteiger partial charge in [-0.15, -0.1) is 0 Å². The minimum absolute atomic E-state index is 0.00570. The van der Waals surface area contributed by atoms with E-state index < -0.39 is 11.9 Å². The highest BCUT2D eigenvalue weighted by Crippen LogP contribution is 2.21. The number of carbonyl (C=O) groups is 4. The number of amides is 2. The first-order valence-electron chi connectivity index (χ1n) is 10.2. The van der Waals surface area contributed by atoms with E-state index in [0.29, 0.717) is 26.1 Å². The Bertz CT molecular complexity index is 900. The maximum Gasteiger partial charge on any atom is 0.414 e. The minimum Gasteiger partial charge on any atom is -0.473 e. The summed E-state index contributed by atoms with van der Waals surface area (Å²) in [5, 5.41) is 14.8. The molecular weight excluding hydrogens is 414 g/mol. The van der Waals surface area contributed by atoms with Crippen LogP contribution in [0.25, 0.3) is 0 Å². The number of likely N-dealkylation sites (tertiary alicyclic amines) is 1. The quantitative estimate of drug-likeness (QED) is 0.676. The minimum atomic E-state index is -1.82. The van der Waals surface area contributed by atoms with Crippen molar-refractivity contribution in [2.45, 2.75) is 25.8 Å². The zero-order valence-electron chi connectivity index (χ0n) is 17.9. The molecule has 1 aromatic carbocycles. The number of hydrogen-bond acceptors (Lipinski definition) is 5. The SMILES string of the molecule is CN(Cc1ccccc1)C(=O)C1CCN(C(=O)Cc2cccnc2)CC1.O=C(O)C(=O)O. The molecule has 0 saturated carbocycles. The van der Waals surface area contributed by atoms with E-state index in [-0.39, 0.29) is 17.7 Å². The second-order valence-corrected chi connectivity index (χ2v) is 7.48. The highest BCUT2D eigenvalue weighted by molar-refractivity contribution is 6.27. The summed E-state index contributed by atoms with van der Waals surface area (Å²) in [6.07, 6.45) is 5.28. The van der Waals surface area contributed by atoms with Crippen molar-refractivity contribution in [1.29, 1.82) is 0 Å². The lowest BCUT2D eigenvalue weighted by Crippen LogP contribution is -2.43. The molecule has 0 bridgehead atoms. The van der Waals surface area contributed by atoms with Gasteiger partial charge in [0.05, 0.1) is 6.42 Å². The van der Waals surface area contributed by atoms with Gasteiger partial charge in [0.15, 0.2) is 0 Å². The smallest absolute Gasteiger partial charge is 0.414 e. The Morgan fingerprint density at radius 3 is 2.09 bits per heavy atom. The van der Waals surface area contributed by atoms with Gasteiger partial charge >= 0.3 is 11.9 Å². The van der Waals surface area contributed by atoms with Gasteiger partial charge in [-0.2, -0.15) is 0 Å². The van der Waals surface area contributed by atoms with Crippen LogP contribution < -0.4 is 0 Å². The predicted octanol–water partition coefficient (Wildman–Crippen LogP) is 1.68. The van der Waals surface area contributed by atoms with E-state index in [1.54, 1.807) is 17.3 Å². The van der Waals surface area contributed by atoms with Gasteiger partial charge in [0.1, 0.15) is 0 Å². The Morgan fingerprint density at radius 2 is 1.56 bits per heavy atom. The molecule has 0 spiro atoms. The summed E-state index contributed by atoms with van der Waals surface area (Å²) in [5.74, 6) is -3.36. The van der Waals surface area contributed by atoms with Gasteiger partial charge in [-0.3, -0.25) is 14.6 Å². The van der Waals surface area contributed by atoms with Crippen molar-refractivity contribution < 1.29 is 29.4 Å². The van der Waals surface area contributed by atoms with E-state index in [4.69, 9.17) is 19.8 Å². The summed E-state index contributed by atoms with van der Waals surface area (Å²) >= 11 is 0. The van der Waals surface area contributed by atoms with Gasteiger partial charge < -0.3 is 20.0 Å². The molecule has 9 heteroatoms. The van der Waals surface area contributed by atoms with Crippen molar-refractivity contribution in [1.82, 2.24) is 14.8 Å². The van der Waals surface area contributed by atoms with E-state index in [0.717, 1.165) is 24.0 Å². The summed E-state index contributed by atoms with van der Waals surface area (Å²) in [5.41, 5.74) is 2.06. The number of aromatic nitrogens is 1. The van der Waals surface area contributed by atoms with Gasteiger partial charge in [-0.05, 0) is 30.0 Å². The van der Waals surface area contributed by atoms with Crippen molar-refractivity contribution >= 4 is 23.8 Å². The summed E-state index contributed by atoms with van der Waals surface area (Å²) in [6, 6.07) is 13.8. The second kappa shape index (κ2) is 12.2. The fraction of sp³-hybridized carbons (Fsp3) is 0.348. The first kappa shape index (κ1) is 24.5. The molecule has 3 rings (SSSR count). The highest BCUT2D eigenvalue weighted by Gasteiger charge is 2.29. The highest BCUT2D eigenvalue weighted by atomic mass is 16.4. The Hall–Kier alpha value is -3.75. The Balaban J connectivity index is 0.000000534. The monoisotopic (exact) mass is 441 g/mol. The van der Waals surface area contributed by atoms with Crippen LogP contribution in [0.3, 0.4) is 0 Å². The maximum atomic E-state index is 12.7. The molecule has 9 nitrogen and oxygen atoms in total. The average Bonchev–Trinajstić information content (AvgIpc) is 2.80. The standard InChI is InChI=1S/C21H25N3O2.C2H2O4/c1-23(16-17-6-3-2-4-7-17)21(26)19-9-12-24(13-10-19)20(25)14-18-8-5-11-22-15-18;3-1(4)2(5)6/h2-8,11,15,19H,9-10,12-14,16H2,1H3;(H,3,4)(H,5,6). The molecule has 0 atom stereocenters. The van der Waals surface area contributed by atoms with Crippen molar-refractivity contribution in [3.63, 3.8) is 0 Å². The molecule has 2 N–H and O–H groups in total. The van der Waals surface area contributed by atoms with Crippen molar-refractivity contribution in [3.05, 3.63) is 66.0 Å². The lowest BCUT2D eigenvalue weighted by Gasteiger charge is -2.33. The second-order valence-electron chi connectivity index (χ2n) is 7.48. The summed E-state index contributed by atoms with van der Waals surface area (Å²) in [4.78, 5) is 51.0. The summed E-state index contributed by atoms with van der Waals surface area (Å²) in [7, 11) is 1.86. The first-order chi connectivity index (χ1) is 15.3. The largest absolute Gasteiger partial charge is 0.473 e. The van der Waals surface area contributed by atoms with Crippen molar-refractivity contribution in [3.8, 4) is 0 Å². The van der Waals surface area contributed by atoms with Crippen molar-refractivity contribution in [2.75, 3.05) is 20.1 Å². The average molecular weight is 441 g/mol. The van der Waals surface area contributed by atoms with Crippen LogP contribution in [-0.4, -0.2) is 68.9 Å². The van der Waals surface area contributed by atoms with Crippen LogP contribution in [0, 0.1) is 5.92 Å². The lowest BCUT2D eigenvalue weighted by atomic mass is 9.95.